The third-order valence-electron chi connectivity index (χ3n) is 3.64. The fourth-order valence-corrected chi connectivity index (χ4v) is 2.48. The lowest BCUT2D eigenvalue weighted by Gasteiger charge is -2.15. The van der Waals surface area contributed by atoms with Crippen LogP contribution in [0.2, 0.25) is 0 Å². The van der Waals surface area contributed by atoms with Gasteiger partial charge in [0.15, 0.2) is 0 Å². The third kappa shape index (κ3) is 2.94. The van der Waals surface area contributed by atoms with Gasteiger partial charge in [0, 0.05) is 11.3 Å². The molecule has 0 radical (unpaired) electrons. The van der Waals surface area contributed by atoms with Crippen molar-refractivity contribution in [2.24, 2.45) is 0 Å². The van der Waals surface area contributed by atoms with Crippen molar-refractivity contribution in [3.63, 3.8) is 0 Å². The monoisotopic (exact) mass is 280 g/mol. The van der Waals surface area contributed by atoms with E-state index in [4.69, 9.17) is 0 Å². The molecule has 0 spiro atoms. The van der Waals surface area contributed by atoms with Crippen molar-refractivity contribution in [3.8, 4) is 0 Å². The zero-order chi connectivity index (χ0) is 14.7. The maximum Gasteiger partial charge on any atom is 0.251 e. The van der Waals surface area contributed by atoms with Crippen LogP contribution in [0, 0.1) is 0 Å². The number of rotatable bonds is 2. The molecule has 0 fully saturated rings. The van der Waals surface area contributed by atoms with Crippen LogP contribution >= 0.6 is 0 Å². The Balaban J connectivity index is 1.73. The minimum Gasteiger partial charge on any atom is -0.340 e. The maximum atomic E-state index is 12.2. The zero-order valence-electron chi connectivity index (χ0n) is 11.5. The first-order valence-corrected chi connectivity index (χ1v) is 6.99. The average Bonchev–Trinajstić information content (AvgIpc) is 2.67. The number of benzene rings is 2. The van der Waals surface area contributed by atoms with Crippen molar-refractivity contribution >= 4 is 17.5 Å². The Morgan fingerprint density at radius 1 is 1.05 bits per heavy atom. The second-order valence-electron chi connectivity index (χ2n) is 5.08. The van der Waals surface area contributed by atoms with Gasteiger partial charge in [-0.3, -0.25) is 9.59 Å². The molecule has 1 unspecified atom stereocenters. The number of amides is 2. The Kier molecular flexibility index (Phi) is 3.69. The van der Waals surface area contributed by atoms with Gasteiger partial charge in [-0.2, -0.15) is 0 Å². The van der Waals surface area contributed by atoms with Crippen molar-refractivity contribution in [2.45, 2.75) is 18.9 Å². The quantitative estimate of drug-likeness (QED) is 0.887. The lowest BCUT2D eigenvalue weighted by Crippen LogP contribution is -2.43. The topological polar surface area (TPSA) is 58.2 Å². The number of hydrogen-bond donors (Lipinski definition) is 2. The van der Waals surface area contributed by atoms with E-state index in [1.54, 1.807) is 24.3 Å². The van der Waals surface area contributed by atoms with E-state index in [9.17, 15) is 9.59 Å². The van der Waals surface area contributed by atoms with Crippen molar-refractivity contribution in [2.75, 3.05) is 5.32 Å². The number of anilines is 1. The molecule has 0 bridgehead atoms. The van der Waals surface area contributed by atoms with Gasteiger partial charge < -0.3 is 10.6 Å². The standard InChI is InChI=1S/C17H16N2O2/c20-16(13-7-2-1-3-8-13)19-15-11-10-12-6-4-5-9-14(12)18-17(15)21/h1-9,15H,10-11H2,(H,18,21)(H,19,20). The molecule has 4 nitrogen and oxygen atoms in total. The highest BCUT2D eigenvalue weighted by Crippen LogP contribution is 2.21. The van der Waals surface area contributed by atoms with Gasteiger partial charge in [0.05, 0.1) is 0 Å². The molecule has 2 amide bonds. The number of carbonyl (C=O) groups excluding carboxylic acids is 2. The van der Waals surface area contributed by atoms with Gasteiger partial charge in [-0.25, -0.2) is 0 Å². The molecular weight excluding hydrogens is 264 g/mol. The van der Waals surface area contributed by atoms with Gasteiger partial charge >= 0.3 is 0 Å². The molecule has 0 aromatic heterocycles. The summed E-state index contributed by atoms with van der Waals surface area (Å²) in [6, 6.07) is 16.1. The maximum absolute atomic E-state index is 12.2. The van der Waals surface area contributed by atoms with Crippen LogP contribution in [0.3, 0.4) is 0 Å². The number of fused-ring (bicyclic) bond motifs is 1. The van der Waals surface area contributed by atoms with E-state index in [1.165, 1.54) is 0 Å². The van der Waals surface area contributed by atoms with E-state index in [-0.39, 0.29) is 11.8 Å². The predicted octanol–water partition coefficient (Wildman–Crippen LogP) is 2.37. The molecule has 106 valence electrons. The lowest BCUT2D eigenvalue weighted by atomic mass is 10.1. The van der Waals surface area contributed by atoms with Crippen molar-refractivity contribution in [1.29, 1.82) is 0 Å². The fraction of sp³-hybridized carbons (Fsp3) is 0.176. The van der Waals surface area contributed by atoms with Crippen molar-refractivity contribution in [1.82, 2.24) is 5.32 Å². The van der Waals surface area contributed by atoms with Crippen LogP contribution in [0.5, 0.6) is 0 Å². The van der Waals surface area contributed by atoms with Crippen LogP contribution in [-0.2, 0) is 11.2 Å². The van der Waals surface area contributed by atoms with Crippen molar-refractivity contribution < 1.29 is 9.59 Å². The van der Waals surface area contributed by atoms with Gasteiger partial charge in [-0.05, 0) is 36.6 Å². The number of carbonyl (C=O) groups is 2. The summed E-state index contributed by atoms with van der Waals surface area (Å²) in [5.41, 5.74) is 2.49. The van der Waals surface area contributed by atoms with Crippen LogP contribution in [-0.4, -0.2) is 17.9 Å². The summed E-state index contributed by atoms with van der Waals surface area (Å²) in [5.74, 6) is -0.383. The first-order chi connectivity index (χ1) is 10.2. The Morgan fingerprint density at radius 3 is 2.57 bits per heavy atom. The van der Waals surface area contributed by atoms with Gasteiger partial charge in [0.2, 0.25) is 5.91 Å². The molecule has 0 saturated heterocycles. The van der Waals surface area contributed by atoms with Gasteiger partial charge in [0.1, 0.15) is 6.04 Å². The average molecular weight is 280 g/mol. The van der Waals surface area contributed by atoms with Gasteiger partial charge in [-0.1, -0.05) is 36.4 Å². The summed E-state index contributed by atoms with van der Waals surface area (Å²) in [7, 11) is 0. The SMILES string of the molecule is O=C(NC1CCc2ccccc2NC1=O)c1ccccc1. The van der Waals surface area contributed by atoms with Crippen LogP contribution in [0.15, 0.2) is 54.6 Å². The Bertz CT molecular complexity index is 668. The molecule has 2 aromatic carbocycles. The van der Waals surface area contributed by atoms with E-state index >= 15 is 0 Å². The second kappa shape index (κ2) is 5.79. The molecule has 1 atom stereocenters. The molecule has 21 heavy (non-hydrogen) atoms. The van der Waals surface area contributed by atoms with E-state index in [1.807, 2.05) is 30.3 Å². The highest BCUT2D eigenvalue weighted by molar-refractivity contribution is 6.01. The summed E-state index contributed by atoms with van der Waals surface area (Å²) in [5, 5.41) is 5.68. The highest BCUT2D eigenvalue weighted by Gasteiger charge is 2.25. The molecule has 3 rings (SSSR count). The smallest absolute Gasteiger partial charge is 0.251 e. The van der Waals surface area contributed by atoms with E-state index in [2.05, 4.69) is 10.6 Å². The molecule has 1 aliphatic heterocycles. The second-order valence-corrected chi connectivity index (χ2v) is 5.08. The largest absolute Gasteiger partial charge is 0.340 e. The molecule has 4 heteroatoms. The third-order valence-corrected chi connectivity index (χ3v) is 3.64. The van der Waals surface area contributed by atoms with Crippen LogP contribution in [0.25, 0.3) is 0 Å². The zero-order valence-corrected chi connectivity index (χ0v) is 11.5. The minimum absolute atomic E-state index is 0.163. The molecule has 1 aliphatic rings. The fourth-order valence-electron chi connectivity index (χ4n) is 2.48. The molecule has 0 saturated carbocycles. The van der Waals surface area contributed by atoms with Gasteiger partial charge in [-0.15, -0.1) is 0 Å². The first-order valence-electron chi connectivity index (χ1n) is 6.99. The van der Waals surface area contributed by atoms with Crippen LogP contribution < -0.4 is 10.6 Å². The van der Waals surface area contributed by atoms with Crippen molar-refractivity contribution in [3.05, 3.63) is 65.7 Å². The number of para-hydroxylation sites is 1. The molecule has 2 aromatic rings. The van der Waals surface area contributed by atoms with E-state index in [0.29, 0.717) is 12.0 Å². The minimum atomic E-state index is -0.509. The summed E-state index contributed by atoms with van der Waals surface area (Å²) < 4.78 is 0. The Morgan fingerprint density at radius 2 is 1.76 bits per heavy atom. The number of hydrogen-bond acceptors (Lipinski definition) is 2. The Labute approximate surface area is 123 Å². The van der Waals surface area contributed by atoms with Crippen LogP contribution in [0.4, 0.5) is 5.69 Å². The molecule has 2 N–H and O–H groups in total. The molecule has 0 aliphatic carbocycles. The summed E-state index contributed by atoms with van der Waals surface area (Å²) in [4.78, 5) is 24.4. The Hall–Kier alpha value is -2.62. The first kappa shape index (κ1) is 13.4. The number of nitrogens with one attached hydrogen (secondary N) is 2. The number of aryl methyl sites for hydroxylation is 1. The van der Waals surface area contributed by atoms with Crippen LogP contribution in [0.1, 0.15) is 22.3 Å². The normalized spacial score (nSPS) is 17.3. The summed E-state index contributed by atoms with van der Waals surface area (Å²) in [6.07, 6.45) is 1.36. The highest BCUT2D eigenvalue weighted by atomic mass is 16.2. The van der Waals surface area contributed by atoms with E-state index < -0.39 is 6.04 Å². The van der Waals surface area contributed by atoms with Gasteiger partial charge in [0.25, 0.3) is 5.91 Å². The molecular formula is C17H16N2O2. The predicted molar refractivity (Wildman–Crippen MR) is 81.1 cm³/mol. The van der Waals surface area contributed by atoms with E-state index in [0.717, 1.165) is 17.7 Å². The lowest BCUT2D eigenvalue weighted by molar-refractivity contribution is -0.118. The molecule has 1 heterocycles. The summed E-state index contributed by atoms with van der Waals surface area (Å²) in [6.45, 7) is 0. The summed E-state index contributed by atoms with van der Waals surface area (Å²) >= 11 is 0.